The maximum Gasteiger partial charge on any atom is 0.243 e. The van der Waals surface area contributed by atoms with E-state index in [2.05, 4.69) is 35.1 Å². The monoisotopic (exact) mass is 476 g/mol. The van der Waals surface area contributed by atoms with Gasteiger partial charge in [0.15, 0.2) is 0 Å². The van der Waals surface area contributed by atoms with Gasteiger partial charge in [-0.15, -0.1) is 11.3 Å². The van der Waals surface area contributed by atoms with E-state index in [1.54, 1.807) is 16.2 Å². The van der Waals surface area contributed by atoms with E-state index in [0.717, 1.165) is 33.9 Å². The Hall–Kier alpha value is -1.90. The molecular formula is C24H36N4O2S2. The highest BCUT2D eigenvalue weighted by Crippen LogP contribution is 2.27. The Morgan fingerprint density at radius 3 is 2.47 bits per heavy atom. The quantitative estimate of drug-likeness (QED) is 0.569. The molecule has 1 aromatic carbocycles. The molecule has 176 valence electrons. The maximum absolute atomic E-state index is 12.8. The number of rotatable bonds is 5. The first-order valence-corrected chi connectivity index (χ1v) is 12.5. The summed E-state index contributed by atoms with van der Waals surface area (Å²) in [5.74, 6) is 0.693. The van der Waals surface area contributed by atoms with Crippen molar-refractivity contribution in [3.63, 3.8) is 0 Å². The second-order valence-corrected chi connectivity index (χ2v) is 10.5. The third kappa shape index (κ3) is 6.80. The molecular weight excluding hydrogens is 440 g/mol. The Labute approximate surface area is 201 Å². The van der Waals surface area contributed by atoms with E-state index in [1.807, 2.05) is 52.3 Å². The van der Waals surface area contributed by atoms with Crippen molar-refractivity contribution in [2.75, 3.05) is 12.3 Å². The average Bonchev–Trinajstić information content (AvgIpc) is 3.40. The number of carbonyl (C=O) groups excluding carboxylic acids is 2. The van der Waals surface area contributed by atoms with Gasteiger partial charge >= 0.3 is 0 Å². The predicted molar refractivity (Wildman–Crippen MR) is 136 cm³/mol. The van der Waals surface area contributed by atoms with Crippen molar-refractivity contribution in [2.45, 2.75) is 66.1 Å². The Morgan fingerprint density at radius 1 is 1.31 bits per heavy atom. The van der Waals surface area contributed by atoms with Gasteiger partial charge in [-0.3, -0.25) is 9.59 Å². The van der Waals surface area contributed by atoms with Crippen LogP contribution in [0.15, 0.2) is 29.8 Å². The van der Waals surface area contributed by atoms with Gasteiger partial charge < -0.3 is 16.0 Å². The van der Waals surface area contributed by atoms with Crippen LogP contribution >= 0.6 is 24.0 Å². The van der Waals surface area contributed by atoms with Crippen LogP contribution in [0.5, 0.6) is 0 Å². The molecule has 0 spiro atoms. The molecule has 1 fully saturated rings. The number of nitrogens with zero attached hydrogens (tertiary/aromatic N) is 2. The summed E-state index contributed by atoms with van der Waals surface area (Å²) in [6.07, 6.45) is 1.50. The highest BCUT2D eigenvalue weighted by molar-refractivity contribution is 7.80. The Balaban J connectivity index is 0.00000114. The van der Waals surface area contributed by atoms with E-state index >= 15 is 0 Å². The zero-order chi connectivity index (χ0) is 23.9. The number of nitrogens with two attached hydrogens (primary N) is 1. The molecule has 8 heteroatoms. The summed E-state index contributed by atoms with van der Waals surface area (Å²) >= 11 is 5.41. The normalized spacial score (nSPS) is 16.8. The molecule has 32 heavy (non-hydrogen) atoms. The van der Waals surface area contributed by atoms with Gasteiger partial charge in [-0.1, -0.05) is 52.0 Å². The molecule has 0 saturated carbocycles. The zero-order valence-electron chi connectivity index (χ0n) is 19.7. The number of thiol groups is 1. The van der Waals surface area contributed by atoms with Crippen LogP contribution in [0.4, 0.5) is 0 Å². The standard InChI is InChI=1S/C22H30N4O2S.C2H6S/c1-14-18(29-13-25-14)16-9-7-15(8-10-16)12-24-20(27)17-6-5-11-26(17)21(28)19(23)22(2,3)4;1-2-3/h7-10,13,17,19H,5-6,11-12,23H2,1-4H3,(H,24,27);3H,2H2,1H3. The number of likely N-dealkylation sites (tertiary alicyclic amines) is 1. The van der Waals surface area contributed by atoms with Crippen molar-refractivity contribution in [2.24, 2.45) is 11.1 Å². The van der Waals surface area contributed by atoms with Crippen molar-refractivity contribution in [3.8, 4) is 10.4 Å². The van der Waals surface area contributed by atoms with Gasteiger partial charge in [0.25, 0.3) is 0 Å². The summed E-state index contributed by atoms with van der Waals surface area (Å²) in [4.78, 5) is 32.6. The predicted octanol–water partition coefficient (Wildman–Crippen LogP) is 4.04. The van der Waals surface area contributed by atoms with Crippen molar-refractivity contribution in [1.29, 1.82) is 0 Å². The van der Waals surface area contributed by atoms with E-state index in [9.17, 15) is 9.59 Å². The Kier molecular flexibility index (Phi) is 9.73. The van der Waals surface area contributed by atoms with Crippen LogP contribution in [0.25, 0.3) is 10.4 Å². The minimum Gasteiger partial charge on any atom is -0.350 e. The number of amides is 2. The summed E-state index contributed by atoms with van der Waals surface area (Å²) in [5, 5.41) is 2.99. The summed E-state index contributed by atoms with van der Waals surface area (Å²) in [6, 6.07) is 7.09. The highest BCUT2D eigenvalue weighted by Gasteiger charge is 2.39. The van der Waals surface area contributed by atoms with Crippen LogP contribution in [0, 0.1) is 12.3 Å². The van der Waals surface area contributed by atoms with E-state index in [-0.39, 0.29) is 17.2 Å². The molecule has 2 heterocycles. The first-order chi connectivity index (χ1) is 15.1. The fourth-order valence-electron chi connectivity index (χ4n) is 3.51. The minimum absolute atomic E-state index is 0.112. The van der Waals surface area contributed by atoms with Gasteiger partial charge in [0.05, 0.1) is 22.1 Å². The van der Waals surface area contributed by atoms with Gasteiger partial charge in [-0.2, -0.15) is 12.6 Å². The molecule has 1 aliphatic rings. The number of aryl methyl sites for hydroxylation is 1. The molecule has 2 unspecified atom stereocenters. The lowest BCUT2D eigenvalue weighted by atomic mass is 9.86. The van der Waals surface area contributed by atoms with Gasteiger partial charge in [-0.05, 0) is 42.1 Å². The number of hydrogen-bond donors (Lipinski definition) is 3. The van der Waals surface area contributed by atoms with Gasteiger partial charge in [0.1, 0.15) is 6.04 Å². The third-order valence-electron chi connectivity index (χ3n) is 5.47. The van der Waals surface area contributed by atoms with Crippen LogP contribution in [0.3, 0.4) is 0 Å². The summed E-state index contributed by atoms with van der Waals surface area (Å²) in [5.41, 5.74) is 10.8. The third-order valence-corrected chi connectivity index (χ3v) is 6.44. The molecule has 3 N–H and O–H groups in total. The summed E-state index contributed by atoms with van der Waals surface area (Å²) in [7, 11) is 0. The zero-order valence-corrected chi connectivity index (χ0v) is 21.4. The van der Waals surface area contributed by atoms with Crippen molar-refractivity contribution in [1.82, 2.24) is 15.2 Å². The number of thiazole rings is 1. The smallest absolute Gasteiger partial charge is 0.243 e. The van der Waals surface area contributed by atoms with E-state index in [0.29, 0.717) is 19.5 Å². The number of aromatic nitrogens is 1. The number of hydrogen-bond acceptors (Lipinski definition) is 6. The molecule has 1 aromatic heterocycles. The molecule has 2 amide bonds. The molecule has 0 radical (unpaired) electrons. The topological polar surface area (TPSA) is 88.3 Å². The van der Waals surface area contributed by atoms with E-state index < -0.39 is 12.1 Å². The molecule has 2 aromatic rings. The van der Waals surface area contributed by atoms with Crippen LogP contribution in [0.1, 0.15) is 51.8 Å². The van der Waals surface area contributed by atoms with Crippen LogP contribution in [-0.4, -0.2) is 46.1 Å². The lowest BCUT2D eigenvalue weighted by molar-refractivity contribution is -0.141. The number of nitrogens with one attached hydrogen (secondary N) is 1. The molecule has 0 bridgehead atoms. The first kappa shape index (κ1) is 26.4. The van der Waals surface area contributed by atoms with Gasteiger partial charge in [0, 0.05) is 13.1 Å². The lowest BCUT2D eigenvalue weighted by Gasteiger charge is -2.32. The fraction of sp³-hybridized carbons (Fsp3) is 0.542. The number of carbonyl (C=O) groups is 2. The summed E-state index contributed by atoms with van der Waals surface area (Å²) in [6.45, 7) is 10.8. The molecule has 1 saturated heterocycles. The molecule has 0 aliphatic carbocycles. The van der Waals surface area contributed by atoms with Crippen LogP contribution < -0.4 is 11.1 Å². The molecule has 6 nitrogen and oxygen atoms in total. The van der Waals surface area contributed by atoms with Crippen molar-refractivity contribution < 1.29 is 9.59 Å². The van der Waals surface area contributed by atoms with E-state index in [1.165, 1.54) is 0 Å². The lowest BCUT2D eigenvalue weighted by Crippen LogP contribution is -2.54. The fourth-order valence-corrected chi connectivity index (χ4v) is 4.32. The second-order valence-electron chi connectivity index (χ2n) is 9.03. The SMILES string of the molecule is CCS.Cc1ncsc1-c1ccc(CNC(=O)C2CCCN2C(=O)C(N)C(C)(C)C)cc1. The van der Waals surface area contributed by atoms with Gasteiger partial charge in [-0.25, -0.2) is 4.98 Å². The minimum atomic E-state index is -0.612. The van der Waals surface area contributed by atoms with Crippen molar-refractivity contribution >= 4 is 35.8 Å². The largest absolute Gasteiger partial charge is 0.350 e. The maximum atomic E-state index is 12.8. The average molecular weight is 477 g/mol. The second kappa shape index (κ2) is 11.8. The van der Waals surface area contributed by atoms with Crippen LogP contribution in [0.2, 0.25) is 0 Å². The first-order valence-electron chi connectivity index (χ1n) is 11.0. The van der Waals surface area contributed by atoms with E-state index in [4.69, 9.17) is 5.73 Å². The summed E-state index contributed by atoms with van der Waals surface area (Å²) < 4.78 is 0. The number of benzene rings is 1. The van der Waals surface area contributed by atoms with Crippen LogP contribution in [-0.2, 0) is 16.1 Å². The highest BCUT2D eigenvalue weighted by atomic mass is 32.1. The van der Waals surface area contributed by atoms with Gasteiger partial charge in [0.2, 0.25) is 11.8 Å². The Morgan fingerprint density at radius 2 is 1.94 bits per heavy atom. The Bertz CT molecular complexity index is 890. The van der Waals surface area contributed by atoms with Crippen molar-refractivity contribution in [3.05, 3.63) is 41.0 Å². The molecule has 1 aliphatic heterocycles. The molecule has 3 rings (SSSR count). The molecule has 2 atom stereocenters.